The first-order chi connectivity index (χ1) is 9.99. The van der Waals surface area contributed by atoms with Crippen LogP contribution in [-0.2, 0) is 0 Å². The molecule has 2 fully saturated rings. The summed E-state index contributed by atoms with van der Waals surface area (Å²) < 4.78 is 0. The number of aliphatic hydroxyl groups excluding tert-OH is 1. The van der Waals surface area contributed by atoms with Gasteiger partial charge in [-0.2, -0.15) is 0 Å². The fourth-order valence-electron chi connectivity index (χ4n) is 4.66. The highest BCUT2D eigenvalue weighted by Crippen LogP contribution is 2.42. The summed E-state index contributed by atoms with van der Waals surface area (Å²) >= 11 is 0. The standard InChI is InChI=1S/C19H37NO/c1-5-19(3,4)15-12-13-18(21)17(14-15)20(6-2)16-10-8-7-9-11-16/h15-18,21H,5-14H2,1-4H3. The Morgan fingerprint density at radius 2 is 1.67 bits per heavy atom. The Kier molecular flexibility index (Phi) is 6.14. The van der Waals surface area contributed by atoms with E-state index in [1.807, 2.05) is 0 Å². The van der Waals surface area contributed by atoms with Gasteiger partial charge in [0.25, 0.3) is 0 Å². The van der Waals surface area contributed by atoms with E-state index in [-0.39, 0.29) is 6.10 Å². The fourth-order valence-corrected chi connectivity index (χ4v) is 4.66. The van der Waals surface area contributed by atoms with Gasteiger partial charge < -0.3 is 5.11 Å². The second kappa shape index (κ2) is 7.46. The molecule has 2 rings (SSSR count). The van der Waals surface area contributed by atoms with Crippen LogP contribution in [0.2, 0.25) is 0 Å². The highest BCUT2D eigenvalue weighted by Gasteiger charge is 2.40. The van der Waals surface area contributed by atoms with E-state index in [1.54, 1.807) is 0 Å². The Morgan fingerprint density at radius 3 is 2.24 bits per heavy atom. The Labute approximate surface area is 132 Å². The van der Waals surface area contributed by atoms with Crippen molar-refractivity contribution in [1.82, 2.24) is 4.90 Å². The van der Waals surface area contributed by atoms with Crippen LogP contribution in [-0.4, -0.2) is 34.7 Å². The third-order valence-corrected chi connectivity index (χ3v) is 6.63. The van der Waals surface area contributed by atoms with E-state index in [9.17, 15) is 5.11 Å². The molecule has 0 aromatic heterocycles. The van der Waals surface area contributed by atoms with Crippen molar-refractivity contribution in [3.8, 4) is 0 Å². The lowest BCUT2D eigenvalue weighted by molar-refractivity contribution is -0.0401. The van der Waals surface area contributed by atoms with Gasteiger partial charge in [0, 0.05) is 12.1 Å². The quantitative estimate of drug-likeness (QED) is 0.801. The molecule has 0 radical (unpaired) electrons. The first-order valence-corrected chi connectivity index (χ1v) is 9.43. The molecular formula is C19H37NO. The van der Waals surface area contributed by atoms with E-state index in [1.165, 1.54) is 51.4 Å². The predicted octanol–water partition coefficient (Wildman–Crippen LogP) is 4.61. The average Bonchev–Trinajstić information content (AvgIpc) is 2.50. The molecule has 0 spiro atoms. The van der Waals surface area contributed by atoms with Crippen molar-refractivity contribution in [3.63, 3.8) is 0 Å². The number of rotatable bonds is 5. The zero-order chi connectivity index (χ0) is 15.5. The maximum absolute atomic E-state index is 10.6. The van der Waals surface area contributed by atoms with E-state index in [2.05, 4.69) is 32.6 Å². The highest BCUT2D eigenvalue weighted by molar-refractivity contribution is 4.93. The molecule has 0 aromatic rings. The molecule has 2 heteroatoms. The summed E-state index contributed by atoms with van der Waals surface area (Å²) in [7, 11) is 0. The Bertz CT molecular complexity index is 309. The largest absolute Gasteiger partial charge is 0.391 e. The highest BCUT2D eigenvalue weighted by atomic mass is 16.3. The third kappa shape index (κ3) is 4.01. The number of likely N-dealkylation sites (N-methyl/N-ethyl adjacent to an activating group) is 1. The van der Waals surface area contributed by atoms with Crippen molar-refractivity contribution in [2.75, 3.05) is 6.54 Å². The SMILES string of the molecule is CCN(C1CCCCC1)C1CC(C(C)(C)CC)CCC1O. The second-order valence-corrected chi connectivity index (χ2v) is 8.11. The molecule has 0 aliphatic heterocycles. The van der Waals surface area contributed by atoms with Crippen molar-refractivity contribution in [1.29, 1.82) is 0 Å². The average molecular weight is 296 g/mol. The van der Waals surface area contributed by atoms with Crippen LogP contribution < -0.4 is 0 Å². The monoisotopic (exact) mass is 295 g/mol. The summed E-state index contributed by atoms with van der Waals surface area (Å²) in [6, 6.07) is 1.13. The number of aliphatic hydroxyl groups is 1. The zero-order valence-corrected chi connectivity index (χ0v) is 14.8. The smallest absolute Gasteiger partial charge is 0.0695 e. The lowest BCUT2D eigenvalue weighted by Crippen LogP contribution is -2.53. The molecule has 0 bridgehead atoms. The Morgan fingerprint density at radius 1 is 1.00 bits per heavy atom. The van der Waals surface area contributed by atoms with Gasteiger partial charge in [-0.05, 0) is 50.0 Å². The zero-order valence-electron chi connectivity index (χ0n) is 14.8. The van der Waals surface area contributed by atoms with E-state index in [0.29, 0.717) is 11.5 Å². The van der Waals surface area contributed by atoms with Crippen LogP contribution in [0, 0.1) is 11.3 Å². The summed E-state index contributed by atoms with van der Waals surface area (Å²) in [6.45, 7) is 10.5. The summed E-state index contributed by atoms with van der Waals surface area (Å²) in [5, 5.41) is 10.6. The second-order valence-electron chi connectivity index (χ2n) is 8.11. The van der Waals surface area contributed by atoms with E-state index in [0.717, 1.165) is 24.9 Å². The van der Waals surface area contributed by atoms with E-state index in [4.69, 9.17) is 0 Å². The van der Waals surface area contributed by atoms with Crippen LogP contribution in [0.25, 0.3) is 0 Å². The molecule has 124 valence electrons. The molecular weight excluding hydrogens is 258 g/mol. The van der Waals surface area contributed by atoms with Crippen LogP contribution in [0.5, 0.6) is 0 Å². The lowest BCUT2D eigenvalue weighted by atomic mass is 9.67. The molecule has 0 amide bonds. The first-order valence-electron chi connectivity index (χ1n) is 9.43. The van der Waals surface area contributed by atoms with Crippen molar-refractivity contribution < 1.29 is 5.11 Å². The molecule has 0 aromatic carbocycles. The molecule has 3 unspecified atom stereocenters. The van der Waals surface area contributed by atoms with Gasteiger partial charge in [-0.15, -0.1) is 0 Å². The predicted molar refractivity (Wildman–Crippen MR) is 90.5 cm³/mol. The molecule has 0 saturated heterocycles. The van der Waals surface area contributed by atoms with Crippen LogP contribution in [0.4, 0.5) is 0 Å². The Balaban J connectivity index is 2.06. The van der Waals surface area contributed by atoms with Gasteiger partial charge in [-0.3, -0.25) is 4.90 Å². The van der Waals surface area contributed by atoms with Gasteiger partial charge in [-0.25, -0.2) is 0 Å². The first kappa shape index (κ1) is 17.3. The molecule has 21 heavy (non-hydrogen) atoms. The topological polar surface area (TPSA) is 23.5 Å². The summed E-state index contributed by atoms with van der Waals surface area (Å²) in [4.78, 5) is 2.67. The minimum atomic E-state index is -0.101. The molecule has 2 saturated carbocycles. The normalized spacial score (nSPS) is 32.6. The van der Waals surface area contributed by atoms with Gasteiger partial charge in [-0.1, -0.05) is 53.4 Å². The number of nitrogens with zero attached hydrogens (tertiary/aromatic N) is 1. The summed E-state index contributed by atoms with van der Waals surface area (Å²) in [5.74, 6) is 0.772. The fraction of sp³-hybridized carbons (Fsp3) is 1.00. The molecule has 2 nitrogen and oxygen atoms in total. The van der Waals surface area contributed by atoms with Crippen LogP contribution in [0.15, 0.2) is 0 Å². The van der Waals surface area contributed by atoms with Crippen molar-refractivity contribution >= 4 is 0 Å². The molecule has 2 aliphatic rings. The van der Waals surface area contributed by atoms with Gasteiger partial charge in [0.1, 0.15) is 0 Å². The third-order valence-electron chi connectivity index (χ3n) is 6.63. The van der Waals surface area contributed by atoms with Crippen molar-refractivity contribution in [2.45, 2.75) is 104 Å². The van der Waals surface area contributed by atoms with Gasteiger partial charge >= 0.3 is 0 Å². The minimum Gasteiger partial charge on any atom is -0.391 e. The maximum Gasteiger partial charge on any atom is 0.0695 e. The summed E-state index contributed by atoms with van der Waals surface area (Å²) in [5.41, 5.74) is 0.421. The van der Waals surface area contributed by atoms with Gasteiger partial charge in [0.15, 0.2) is 0 Å². The Hall–Kier alpha value is -0.0800. The molecule has 3 atom stereocenters. The van der Waals surface area contributed by atoms with Crippen LogP contribution >= 0.6 is 0 Å². The van der Waals surface area contributed by atoms with Gasteiger partial charge in [0.2, 0.25) is 0 Å². The lowest BCUT2D eigenvalue weighted by Gasteiger charge is -2.48. The van der Waals surface area contributed by atoms with Crippen LogP contribution in [0.1, 0.15) is 85.5 Å². The van der Waals surface area contributed by atoms with Crippen molar-refractivity contribution in [2.24, 2.45) is 11.3 Å². The molecule has 0 heterocycles. The minimum absolute atomic E-state index is 0.101. The summed E-state index contributed by atoms with van der Waals surface area (Å²) in [6.07, 6.45) is 11.4. The van der Waals surface area contributed by atoms with Crippen LogP contribution in [0.3, 0.4) is 0 Å². The maximum atomic E-state index is 10.6. The molecule has 1 N–H and O–H groups in total. The molecule has 2 aliphatic carbocycles. The van der Waals surface area contributed by atoms with Gasteiger partial charge in [0.05, 0.1) is 6.10 Å². The van der Waals surface area contributed by atoms with Crippen molar-refractivity contribution in [3.05, 3.63) is 0 Å². The van der Waals surface area contributed by atoms with E-state index >= 15 is 0 Å². The van der Waals surface area contributed by atoms with E-state index < -0.39 is 0 Å². The number of hydrogen-bond acceptors (Lipinski definition) is 2. The number of hydrogen-bond donors (Lipinski definition) is 1.